The minimum absolute atomic E-state index is 0.641. The zero-order chi connectivity index (χ0) is 10.1. The Balaban J connectivity index is 2.23. The van der Waals surface area contributed by atoms with Gasteiger partial charge in [0.05, 0.1) is 4.05 Å². The van der Waals surface area contributed by atoms with Gasteiger partial charge in [-0.15, -0.1) is 0 Å². The standard InChI is InChI=1S/C12H16IN/c1-9-3-4-12-8-14(10(2)13)6-5-11(12)7-9/h3-4,7,10H,5-6,8H2,1-2H3. The summed E-state index contributed by atoms with van der Waals surface area (Å²) in [4.78, 5) is 2.53. The molecule has 0 aromatic heterocycles. The van der Waals surface area contributed by atoms with Gasteiger partial charge in [0, 0.05) is 13.1 Å². The number of rotatable bonds is 1. The van der Waals surface area contributed by atoms with Crippen molar-refractivity contribution in [2.24, 2.45) is 0 Å². The molecule has 0 bridgehead atoms. The third-order valence-electron chi connectivity index (χ3n) is 2.91. The third kappa shape index (κ3) is 2.11. The molecule has 0 saturated heterocycles. The fourth-order valence-corrected chi connectivity index (χ4v) is 2.48. The summed E-state index contributed by atoms with van der Waals surface area (Å²) in [5.41, 5.74) is 4.46. The van der Waals surface area contributed by atoms with Crippen LogP contribution in [0.2, 0.25) is 0 Å². The van der Waals surface area contributed by atoms with Gasteiger partial charge in [0.15, 0.2) is 0 Å². The summed E-state index contributed by atoms with van der Waals surface area (Å²) in [6.45, 7) is 6.77. The highest BCUT2D eigenvalue weighted by Crippen LogP contribution is 2.23. The number of halogens is 1. The minimum Gasteiger partial charge on any atom is -0.287 e. The fraction of sp³-hybridized carbons (Fsp3) is 0.500. The van der Waals surface area contributed by atoms with E-state index < -0.39 is 0 Å². The van der Waals surface area contributed by atoms with Gasteiger partial charge in [-0.05, 0) is 31.4 Å². The van der Waals surface area contributed by atoms with Crippen LogP contribution in [0.5, 0.6) is 0 Å². The van der Waals surface area contributed by atoms with E-state index in [1.807, 2.05) is 0 Å². The summed E-state index contributed by atoms with van der Waals surface area (Å²) < 4.78 is 0.641. The van der Waals surface area contributed by atoms with Gasteiger partial charge in [-0.2, -0.15) is 0 Å². The molecule has 14 heavy (non-hydrogen) atoms. The zero-order valence-corrected chi connectivity index (χ0v) is 10.9. The second-order valence-electron chi connectivity index (χ2n) is 4.07. The van der Waals surface area contributed by atoms with Gasteiger partial charge in [0.1, 0.15) is 0 Å². The van der Waals surface area contributed by atoms with E-state index >= 15 is 0 Å². The number of benzene rings is 1. The van der Waals surface area contributed by atoms with E-state index in [9.17, 15) is 0 Å². The van der Waals surface area contributed by atoms with Crippen molar-refractivity contribution >= 4 is 22.6 Å². The van der Waals surface area contributed by atoms with E-state index in [0.29, 0.717) is 4.05 Å². The molecule has 76 valence electrons. The lowest BCUT2D eigenvalue weighted by Crippen LogP contribution is -2.34. The van der Waals surface area contributed by atoms with Crippen LogP contribution in [0, 0.1) is 6.92 Å². The first kappa shape index (κ1) is 10.4. The highest BCUT2D eigenvalue weighted by atomic mass is 127. The molecule has 0 fully saturated rings. The summed E-state index contributed by atoms with van der Waals surface area (Å²) in [7, 11) is 0. The predicted molar refractivity (Wildman–Crippen MR) is 68.8 cm³/mol. The molecule has 0 saturated carbocycles. The zero-order valence-electron chi connectivity index (χ0n) is 8.76. The topological polar surface area (TPSA) is 3.24 Å². The second kappa shape index (κ2) is 4.19. The average Bonchev–Trinajstić information content (AvgIpc) is 2.16. The number of hydrogen-bond donors (Lipinski definition) is 0. The third-order valence-corrected chi connectivity index (χ3v) is 3.69. The summed E-state index contributed by atoms with van der Waals surface area (Å²) in [6, 6.07) is 6.85. The molecule has 0 aliphatic carbocycles. The van der Waals surface area contributed by atoms with E-state index in [4.69, 9.17) is 0 Å². The largest absolute Gasteiger partial charge is 0.287 e. The van der Waals surface area contributed by atoms with Crippen LogP contribution in [-0.4, -0.2) is 15.5 Å². The maximum absolute atomic E-state index is 2.53. The normalized spacial score (nSPS) is 19.1. The fourth-order valence-electron chi connectivity index (χ4n) is 2.01. The molecule has 1 heterocycles. The molecule has 1 unspecified atom stereocenters. The summed E-state index contributed by atoms with van der Waals surface area (Å²) in [6.07, 6.45) is 1.21. The molecular weight excluding hydrogens is 285 g/mol. The van der Waals surface area contributed by atoms with Crippen LogP contribution in [0.4, 0.5) is 0 Å². The Morgan fingerprint density at radius 2 is 2.14 bits per heavy atom. The number of nitrogens with zero attached hydrogens (tertiary/aromatic N) is 1. The van der Waals surface area contributed by atoms with Crippen molar-refractivity contribution in [3.8, 4) is 0 Å². The number of aryl methyl sites for hydroxylation is 1. The maximum atomic E-state index is 2.53. The molecule has 1 nitrogen and oxygen atoms in total. The number of alkyl halides is 1. The van der Waals surface area contributed by atoms with Crippen molar-refractivity contribution in [3.05, 3.63) is 34.9 Å². The van der Waals surface area contributed by atoms with Crippen molar-refractivity contribution < 1.29 is 0 Å². The Morgan fingerprint density at radius 1 is 1.36 bits per heavy atom. The second-order valence-corrected chi connectivity index (χ2v) is 5.87. The molecule has 0 radical (unpaired) electrons. The molecule has 2 heteroatoms. The van der Waals surface area contributed by atoms with E-state index in [0.717, 1.165) is 6.54 Å². The van der Waals surface area contributed by atoms with E-state index in [1.54, 1.807) is 5.56 Å². The Labute approximate surface area is 99.6 Å². The first-order valence-electron chi connectivity index (χ1n) is 5.13. The summed E-state index contributed by atoms with van der Waals surface area (Å²) in [5, 5.41) is 0. The SMILES string of the molecule is Cc1ccc2c(c1)CCN(C(C)I)C2. The maximum Gasteiger partial charge on any atom is 0.0593 e. The van der Waals surface area contributed by atoms with Crippen LogP contribution in [0.3, 0.4) is 0 Å². The van der Waals surface area contributed by atoms with Crippen LogP contribution in [0.1, 0.15) is 23.6 Å². The van der Waals surface area contributed by atoms with E-state index in [-0.39, 0.29) is 0 Å². The number of fused-ring (bicyclic) bond motifs is 1. The van der Waals surface area contributed by atoms with E-state index in [2.05, 4.69) is 59.5 Å². The Hall–Kier alpha value is -0.0900. The average molecular weight is 301 g/mol. The van der Waals surface area contributed by atoms with Crippen LogP contribution in [0.25, 0.3) is 0 Å². The van der Waals surface area contributed by atoms with Crippen molar-refractivity contribution in [1.82, 2.24) is 4.90 Å². The van der Waals surface area contributed by atoms with Gasteiger partial charge in [0.25, 0.3) is 0 Å². The highest BCUT2D eigenvalue weighted by Gasteiger charge is 2.18. The van der Waals surface area contributed by atoms with Crippen LogP contribution in [0.15, 0.2) is 18.2 Å². The van der Waals surface area contributed by atoms with Crippen LogP contribution < -0.4 is 0 Å². The molecule has 0 spiro atoms. The quantitative estimate of drug-likeness (QED) is 0.437. The van der Waals surface area contributed by atoms with Gasteiger partial charge in [-0.3, -0.25) is 4.90 Å². The minimum atomic E-state index is 0.641. The molecule has 1 aromatic carbocycles. The molecular formula is C12H16IN. The summed E-state index contributed by atoms with van der Waals surface area (Å²) in [5.74, 6) is 0. The predicted octanol–water partition coefficient (Wildman–Crippen LogP) is 3.13. The van der Waals surface area contributed by atoms with Crippen molar-refractivity contribution in [3.63, 3.8) is 0 Å². The van der Waals surface area contributed by atoms with Gasteiger partial charge in [0.2, 0.25) is 0 Å². The Bertz CT molecular complexity index is 333. The van der Waals surface area contributed by atoms with Crippen LogP contribution >= 0.6 is 22.6 Å². The molecule has 0 amide bonds. The molecule has 1 aliphatic heterocycles. The number of hydrogen-bond acceptors (Lipinski definition) is 1. The molecule has 1 aromatic rings. The van der Waals surface area contributed by atoms with Crippen molar-refractivity contribution in [1.29, 1.82) is 0 Å². The van der Waals surface area contributed by atoms with Gasteiger partial charge < -0.3 is 0 Å². The van der Waals surface area contributed by atoms with Gasteiger partial charge in [-0.1, -0.05) is 46.4 Å². The highest BCUT2D eigenvalue weighted by molar-refractivity contribution is 14.1. The Morgan fingerprint density at radius 3 is 2.86 bits per heavy atom. The first-order chi connectivity index (χ1) is 6.66. The first-order valence-corrected chi connectivity index (χ1v) is 6.38. The van der Waals surface area contributed by atoms with Crippen molar-refractivity contribution in [2.75, 3.05) is 6.54 Å². The van der Waals surface area contributed by atoms with Gasteiger partial charge in [-0.25, -0.2) is 0 Å². The molecule has 1 aliphatic rings. The molecule has 1 atom stereocenters. The Kier molecular flexibility index (Phi) is 3.12. The lowest BCUT2D eigenvalue weighted by atomic mass is 9.98. The lowest BCUT2D eigenvalue weighted by molar-refractivity contribution is 0.256. The molecule has 0 N–H and O–H groups in total. The lowest BCUT2D eigenvalue weighted by Gasteiger charge is -2.31. The monoisotopic (exact) mass is 301 g/mol. The van der Waals surface area contributed by atoms with Crippen molar-refractivity contribution in [2.45, 2.75) is 30.9 Å². The summed E-state index contributed by atoms with van der Waals surface area (Å²) >= 11 is 2.49. The molecule has 2 rings (SSSR count). The van der Waals surface area contributed by atoms with Crippen LogP contribution in [-0.2, 0) is 13.0 Å². The smallest absolute Gasteiger partial charge is 0.0593 e. The van der Waals surface area contributed by atoms with Gasteiger partial charge >= 0.3 is 0 Å². The van der Waals surface area contributed by atoms with E-state index in [1.165, 1.54) is 24.1 Å².